The quantitative estimate of drug-likeness (QED) is 0.879. The van der Waals surface area contributed by atoms with Gasteiger partial charge in [-0.25, -0.2) is 4.98 Å². The first-order chi connectivity index (χ1) is 9.38. The molecule has 2 fully saturated rings. The van der Waals surface area contributed by atoms with Gasteiger partial charge in [0.05, 0.1) is 5.69 Å². The van der Waals surface area contributed by atoms with Crippen LogP contribution in [0.1, 0.15) is 31.4 Å². The number of piperidine rings is 1. The van der Waals surface area contributed by atoms with Crippen LogP contribution in [-0.4, -0.2) is 47.1 Å². The minimum absolute atomic E-state index is 0.466. The number of anilines is 1. The molecule has 19 heavy (non-hydrogen) atoms. The van der Waals surface area contributed by atoms with Gasteiger partial charge in [-0.3, -0.25) is 9.88 Å². The summed E-state index contributed by atoms with van der Waals surface area (Å²) >= 11 is 0. The van der Waals surface area contributed by atoms with Crippen LogP contribution in [0.4, 0.5) is 5.82 Å². The molecule has 104 valence electrons. The molecule has 5 nitrogen and oxygen atoms in total. The average molecular weight is 261 g/mol. The summed E-state index contributed by atoms with van der Waals surface area (Å²) in [6, 6.07) is 0.688. The second-order valence-electron chi connectivity index (χ2n) is 5.52. The maximum absolute atomic E-state index is 5.76. The van der Waals surface area contributed by atoms with Crippen molar-refractivity contribution in [3.05, 3.63) is 18.1 Å². The van der Waals surface area contributed by atoms with Gasteiger partial charge < -0.3 is 10.6 Å². The van der Waals surface area contributed by atoms with E-state index in [4.69, 9.17) is 5.73 Å². The van der Waals surface area contributed by atoms with E-state index in [2.05, 4.69) is 19.8 Å². The van der Waals surface area contributed by atoms with E-state index in [0.29, 0.717) is 12.6 Å². The number of nitrogens with two attached hydrogens (primary N) is 1. The molecule has 1 unspecified atom stereocenters. The van der Waals surface area contributed by atoms with Crippen LogP contribution in [-0.2, 0) is 6.54 Å². The van der Waals surface area contributed by atoms with E-state index in [9.17, 15) is 0 Å². The lowest BCUT2D eigenvalue weighted by atomic mass is 10.1. The largest absolute Gasteiger partial charge is 0.353 e. The lowest BCUT2D eigenvalue weighted by Crippen LogP contribution is -2.41. The second-order valence-corrected chi connectivity index (χ2v) is 5.52. The zero-order valence-corrected chi connectivity index (χ0v) is 11.5. The number of aromatic nitrogens is 2. The van der Waals surface area contributed by atoms with Gasteiger partial charge in [-0.15, -0.1) is 0 Å². The molecule has 5 heteroatoms. The summed E-state index contributed by atoms with van der Waals surface area (Å²) < 4.78 is 0. The molecule has 1 atom stereocenters. The van der Waals surface area contributed by atoms with Gasteiger partial charge in [-0.1, -0.05) is 6.42 Å². The number of likely N-dealkylation sites (tertiary alicyclic amines) is 1. The van der Waals surface area contributed by atoms with Gasteiger partial charge in [0, 0.05) is 38.1 Å². The lowest BCUT2D eigenvalue weighted by molar-refractivity contribution is 0.174. The Bertz CT molecular complexity index is 416. The van der Waals surface area contributed by atoms with E-state index in [-0.39, 0.29) is 0 Å². The first-order valence-corrected chi connectivity index (χ1v) is 7.37. The molecule has 2 saturated heterocycles. The summed E-state index contributed by atoms with van der Waals surface area (Å²) in [5.74, 6) is 0.990. The molecule has 1 aromatic heterocycles. The molecule has 3 heterocycles. The first kappa shape index (κ1) is 12.8. The van der Waals surface area contributed by atoms with Gasteiger partial charge in [-0.05, 0) is 32.4 Å². The standard InChI is InChI=1S/C14H23N5/c15-10-13-14(17-6-5-16-13)19-9-4-12(11-19)18-7-2-1-3-8-18/h5-6,12H,1-4,7-11,15H2. The van der Waals surface area contributed by atoms with Crippen molar-refractivity contribution >= 4 is 5.82 Å². The highest BCUT2D eigenvalue weighted by atomic mass is 15.3. The Hall–Kier alpha value is -1.20. The van der Waals surface area contributed by atoms with E-state index in [1.54, 1.807) is 12.4 Å². The van der Waals surface area contributed by atoms with Crippen LogP contribution >= 0.6 is 0 Å². The average Bonchev–Trinajstić information content (AvgIpc) is 2.98. The number of rotatable bonds is 3. The van der Waals surface area contributed by atoms with Crippen LogP contribution in [0.25, 0.3) is 0 Å². The summed E-state index contributed by atoms with van der Waals surface area (Å²) in [5, 5.41) is 0. The molecule has 0 aromatic carbocycles. The Morgan fingerprint density at radius 1 is 1.11 bits per heavy atom. The predicted molar refractivity (Wildman–Crippen MR) is 76.0 cm³/mol. The third kappa shape index (κ3) is 2.72. The molecule has 2 N–H and O–H groups in total. The maximum Gasteiger partial charge on any atom is 0.151 e. The topological polar surface area (TPSA) is 58.3 Å². The second kappa shape index (κ2) is 5.84. The van der Waals surface area contributed by atoms with E-state index in [1.165, 1.54) is 38.8 Å². The van der Waals surface area contributed by atoms with Crippen LogP contribution in [0.3, 0.4) is 0 Å². The van der Waals surface area contributed by atoms with Gasteiger partial charge in [0.1, 0.15) is 0 Å². The first-order valence-electron chi connectivity index (χ1n) is 7.37. The van der Waals surface area contributed by atoms with Crippen molar-refractivity contribution in [1.82, 2.24) is 14.9 Å². The summed E-state index contributed by atoms with van der Waals surface area (Å²) in [6.45, 7) is 5.15. The van der Waals surface area contributed by atoms with E-state index in [1.807, 2.05) is 0 Å². The monoisotopic (exact) mass is 261 g/mol. The Morgan fingerprint density at radius 3 is 2.68 bits per heavy atom. The molecule has 3 rings (SSSR count). The molecule has 2 aliphatic rings. The molecule has 0 spiro atoms. The van der Waals surface area contributed by atoms with Crippen LogP contribution in [0.5, 0.6) is 0 Å². The van der Waals surface area contributed by atoms with Gasteiger partial charge in [0.25, 0.3) is 0 Å². The zero-order valence-electron chi connectivity index (χ0n) is 11.5. The van der Waals surface area contributed by atoms with E-state index >= 15 is 0 Å². The molecule has 0 radical (unpaired) electrons. The summed E-state index contributed by atoms with van der Waals surface area (Å²) in [7, 11) is 0. The predicted octanol–water partition coefficient (Wildman–Crippen LogP) is 1.000. The highest BCUT2D eigenvalue weighted by Crippen LogP contribution is 2.25. The maximum atomic E-state index is 5.76. The highest BCUT2D eigenvalue weighted by Gasteiger charge is 2.30. The van der Waals surface area contributed by atoms with Crippen LogP contribution < -0.4 is 10.6 Å². The van der Waals surface area contributed by atoms with Crippen molar-refractivity contribution in [3.8, 4) is 0 Å². The molecule has 0 aliphatic carbocycles. The number of nitrogens with zero attached hydrogens (tertiary/aromatic N) is 4. The Morgan fingerprint density at radius 2 is 1.89 bits per heavy atom. The third-order valence-corrected chi connectivity index (χ3v) is 4.32. The lowest BCUT2D eigenvalue weighted by Gasteiger charge is -2.32. The molecule has 1 aromatic rings. The van der Waals surface area contributed by atoms with Gasteiger partial charge in [0.15, 0.2) is 5.82 Å². The van der Waals surface area contributed by atoms with E-state index < -0.39 is 0 Å². The SMILES string of the molecule is NCc1nccnc1N1CCC(N2CCCCC2)C1. The van der Waals surface area contributed by atoms with Gasteiger partial charge in [0.2, 0.25) is 0 Å². The fraction of sp³-hybridized carbons (Fsp3) is 0.714. The van der Waals surface area contributed by atoms with Crippen molar-refractivity contribution in [3.63, 3.8) is 0 Å². The minimum atomic E-state index is 0.466. The Kier molecular flexibility index (Phi) is 3.94. The zero-order chi connectivity index (χ0) is 13.1. The van der Waals surface area contributed by atoms with E-state index in [0.717, 1.165) is 24.6 Å². The summed E-state index contributed by atoms with van der Waals surface area (Å²) in [6.07, 6.45) is 8.84. The molecule has 2 aliphatic heterocycles. The third-order valence-electron chi connectivity index (χ3n) is 4.32. The number of hydrogen-bond donors (Lipinski definition) is 1. The van der Waals surface area contributed by atoms with Crippen LogP contribution in [0.2, 0.25) is 0 Å². The van der Waals surface area contributed by atoms with Crippen molar-refractivity contribution in [2.24, 2.45) is 5.73 Å². The summed E-state index contributed by atoms with van der Waals surface area (Å²) in [5.41, 5.74) is 6.67. The molecule has 0 bridgehead atoms. The smallest absolute Gasteiger partial charge is 0.151 e. The van der Waals surface area contributed by atoms with Gasteiger partial charge in [-0.2, -0.15) is 0 Å². The fourth-order valence-electron chi connectivity index (χ4n) is 3.28. The van der Waals surface area contributed by atoms with Crippen molar-refractivity contribution < 1.29 is 0 Å². The van der Waals surface area contributed by atoms with Crippen molar-refractivity contribution in [1.29, 1.82) is 0 Å². The molecular weight excluding hydrogens is 238 g/mol. The van der Waals surface area contributed by atoms with Crippen LogP contribution in [0.15, 0.2) is 12.4 Å². The Balaban J connectivity index is 1.67. The van der Waals surface area contributed by atoms with Crippen LogP contribution in [0, 0.1) is 0 Å². The fourth-order valence-corrected chi connectivity index (χ4v) is 3.28. The minimum Gasteiger partial charge on any atom is -0.353 e. The molecule has 0 saturated carbocycles. The van der Waals surface area contributed by atoms with Crippen molar-refractivity contribution in [2.45, 2.75) is 38.3 Å². The highest BCUT2D eigenvalue weighted by molar-refractivity contribution is 5.44. The molecule has 0 amide bonds. The van der Waals surface area contributed by atoms with Crippen molar-refractivity contribution in [2.75, 3.05) is 31.1 Å². The normalized spacial score (nSPS) is 24.9. The Labute approximate surface area is 114 Å². The van der Waals surface area contributed by atoms with Gasteiger partial charge >= 0.3 is 0 Å². The number of hydrogen-bond acceptors (Lipinski definition) is 5. The summed E-state index contributed by atoms with van der Waals surface area (Å²) in [4.78, 5) is 13.8. The molecular formula is C14H23N5.